The van der Waals surface area contributed by atoms with Crippen molar-refractivity contribution >= 4 is 50.7 Å². The van der Waals surface area contributed by atoms with E-state index in [1.54, 1.807) is 18.2 Å². The molecule has 2 amide bonds. The Balaban J connectivity index is 1.76. The Morgan fingerprint density at radius 1 is 1.04 bits per heavy atom. The summed E-state index contributed by atoms with van der Waals surface area (Å²) in [6.07, 6.45) is 3.15. The van der Waals surface area contributed by atoms with Crippen molar-refractivity contribution in [2.24, 2.45) is 0 Å². The number of anilines is 2. The Morgan fingerprint density at radius 3 is 2.40 bits per heavy atom. The number of aryl methyl sites for hydroxylation is 1. The van der Waals surface area contributed by atoms with Crippen molar-refractivity contribution in [2.45, 2.75) is 32.6 Å². The summed E-state index contributed by atoms with van der Waals surface area (Å²) < 4.78 is 1.07. The summed E-state index contributed by atoms with van der Waals surface area (Å²) in [7, 11) is 0. The summed E-state index contributed by atoms with van der Waals surface area (Å²) in [6, 6.07) is 13.2. The van der Waals surface area contributed by atoms with Gasteiger partial charge in [-0.1, -0.05) is 39.7 Å². The first kappa shape index (κ1) is 19.5. The molecule has 2 N–H and O–H groups in total. The van der Waals surface area contributed by atoms with Gasteiger partial charge >= 0.3 is 0 Å². The third kappa shape index (κ3) is 6.88. The lowest BCUT2D eigenvalue weighted by Crippen LogP contribution is -2.12. The molecule has 0 heterocycles. The molecule has 0 spiro atoms. The van der Waals surface area contributed by atoms with Gasteiger partial charge in [0.2, 0.25) is 11.8 Å². The molecule has 0 saturated carbocycles. The van der Waals surface area contributed by atoms with Crippen molar-refractivity contribution in [3.63, 3.8) is 0 Å². The Morgan fingerprint density at radius 2 is 1.76 bits per heavy atom. The maximum absolute atomic E-state index is 12.0. The van der Waals surface area contributed by atoms with Crippen LogP contribution in [0.5, 0.6) is 0 Å². The molecule has 2 rings (SSSR count). The summed E-state index contributed by atoms with van der Waals surface area (Å²) in [5.74, 6) is -0.233. The highest BCUT2D eigenvalue weighted by Gasteiger charge is 2.07. The van der Waals surface area contributed by atoms with Gasteiger partial charge in [0.25, 0.3) is 0 Å². The van der Waals surface area contributed by atoms with Crippen LogP contribution in [0.4, 0.5) is 11.4 Å². The van der Waals surface area contributed by atoms with Gasteiger partial charge in [0.1, 0.15) is 0 Å². The fourth-order valence-corrected chi connectivity index (χ4v) is 2.87. The van der Waals surface area contributed by atoms with Crippen LogP contribution in [0.2, 0.25) is 5.02 Å². The van der Waals surface area contributed by atoms with Gasteiger partial charge < -0.3 is 10.6 Å². The van der Waals surface area contributed by atoms with Crippen LogP contribution >= 0.6 is 27.5 Å². The molecule has 0 aromatic heterocycles. The Labute approximate surface area is 161 Å². The largest absolute Gasteiger partial charge is 0.326 e. The van der Waals surface area contributed by atoms with Gasteiger partial charge in [-0.15, -0.1) is 0 Å². The maximum atomic E-state index is 12.0. The first-order valence-corrected chi connectivity index (χ1v) is 9.22. The fraction of sp³-hybridized carbons (Fsp3) is 0.263. The monoisotopic (exact) mass is 422 g/mol. The van der Waals surface area contributed by atoms with Crippen LogP contribution in [0, 0.1) is 0 Å². The number of halogens is 2. The number of hydrogen-bond donors (Lipinski definition) is 2. The van der Waals surface area contributed by atoms with Gasteiger partial charge in [0.15, 0.2) is 0 Å². The summed E-state index contributed by atoms with van der Waals surface area (Å²) in [5.41, 5.74) is 2.42. The number of benzene rings is 2. The molecule has 0 aliphatic heterocycles. The van der Waals surface area contributed by atoms with E-state index in [0.717, 1.165) is 23.7 Å². The van der Waals surface area contributed by atoms with Crippen LogP contribution < -0.4 is 10.6 Å². The van der Waals surface area contributed by atoms with Crippen LogP contribution in [0.25, 0.3) is 0 Å². The minimum atomic E-state index is -0.168. The second kappa shape index (κ2) is 9.59. The SMILES string of the molecule is CC(=O)Nc1ccc(NC(=O)CCCCc2ccc(Br)cc2)c(Cl)c1. The first-order valence-electron chi connectivity index (χ1n) is 8.05. The fourth-order valence-electron chi connectivity index (χ4n) is 2.38. The normalized spacial score (nSPS) is 10.4. The zero-order valence-electron chi connectivity index (χ0n) is 13.9. The molecule has 0 atom stereocenters. The lowest BCUT2D eigenvalue weighted by Gasteiger charge is -2.09. The number of hydrogen-bond acceptors (Lipinski definition) is 2. The first-order chi connectivity index (χ1) is 11.9. The standard InChI is InChI=1S/C19H20BrClN2O2/c1-13(24)22-16-10-11-18(17(21)12-16)23-19(25)5-3-2-4-14-6-8-15(20)9-7-14/h6-12H,2-5H2,1H3,(H,22,24)(H,23,25). The average molecular weight is 424 g/mol. The van der Waals surface area contributed by atoms with Crippen molar-refractivity contribution in [1.82, 2.24) is 0 Å². The van der Waals surface area contributed by atoms with Crippen molar-refractivity contribution in [2.75, 3.05) is 10.6 Å². The lowest BCUT2D eigenvalue weighted by molar-refractivity contribution is -0.116. The average Bonchev–Trinajstić information content (AvgIpc) is 2.55. The lowest BCUT2D eigenvalue weighted by atomic mass is 10.1. The van der Waals surface area contributed by atoms with Crippen LogP contribution in [0.3, 0.4) is 0 Å². The Hall–Kier alpha value is -1.85. The van der Waals surface area contributed by atoms with E-state index in [4.69, 9.17) is 11.6 Å². The highest BCUT2D eigenvalue weighted by Crippen LogP contribution is 2.25. The van der Waals surface area contributed by atoms with Crippen molar-refractivity contribution < 1.29 is 9.59 Å². The molecule has 0 unspecified atom stereocenters. The second-order valence-electron chi connectivity index (χ2n) is 5.76. The molecule has 6 heteroatoms. The number of amides is 2. The molecule has 0 fully saturated rings. The van der Waals surface area contributed by atoms with E-state index in [-0.39, 0.29) is 11.8 Å². The highest BCUT2D eigenvalue weighted by atomic mass is 79.9. The molecule has 25 heavy (non-hydrogen) atoms. The number of carbonyl (C=O) groups is 2. The van der Waals surface area contributed by atoms with E-state index in [1.165, 1.54) is 12.5 Å². The molecule has 2 aromatic carbocycles. The molecular weight excluding hydrogens is 404 g/mol. The number of rotatable bonds is 7. The minimum Gasteiger partial charge on any atom is -0.326 e. The van der Waals surface area contributed by atoms with E-state index < -0.39 is 0 Å². The predicted molar refractivity (Wildman–Crippen MR) is 106 cm³/mol. The summed E-state index contributed by atoms with van der Waals surface area (Å²) >= 11 is 9.56. The molecule has 0 radical (unpaired) electrons. The number of nitrogens with one attached hydrogen (secondary N) is 2. The smallest absolute Gasteiger partial charge is 0.224 e. The molecule has 0 aliphatic carbocycles. The van der Waals surface area contributed by atoms with Crippen LogP contribution in [-0.4, -0.2) is 11.8 Å². The van der Waals surface area contributed by atoms with Gasteiger partial charge in [-0.25, -0.2) is 0 Å². The summed E-state index contributed by atoms with van der Waals surface area (Å²) in [5, 5.41) is 5.85. The van der Waals surface area contributed by atoms with Gasteiger partial charge in [-0.3, -0.25) is 9.59 Å². The predicted octanol–water partition coefficient (Wildman–Crippen LogP) is 5.41. The Bertz CT molecular complexity index is 748. The van der Waals surface area contributed by atoms with Gasteiger partial charge in [-0.05, 0) is 55.2 Å². The van der Waals surface area contributed by atoms with E-state index in [1.807, 2.05) is 12.1 Å². The van der Waals surface area contributed by atoms with Crippen molar-refractivity contribution in [3.8, 4) is 0 Å². The van der Waals surface area contributed by atoms with E-state index >= 15 is 0 Å². The van der Waals surface area contributed by atoms with E-state index in [9.17, 15) is 9.59 Å². The van der Waals surface area contributed by atoms with Gasteiger partial charge in [-0.2, -0.15) is 0 Å². The van der Waals surface area contributed by atoms with Crippen LogP contribution in [0.1, 0.15) is 31.7 Å². The third-order valence-corrected chi connectivity index (χ3v) is 4.44. The van der Waals surface area contributed by atoms with Crippen LogP contribution in [0.15, 0.2) is 46.9 Å². The maximum Gasteiger partial charge on any atom is 0.224 e. The van der Waals surface area contributed by atoms with Crippen molar-refractivity contribution in [3.05, 3.63) is 57.5 Å². The van der Waals surface area contributed by atoms with E-state index in [2.05, 4.69) is 38.7 Å². The van der Waals surface area contributed by atoms with E-state index in [0.29, 0.717) is 22.8 Å². The molecule has 0 bridgehead atoms. The van der Waals surface area contributed by atoms with Gasteiger partial charge in [0, 0.05) is 23.5 Å². The number of unbranched alkanes of at least 4 members (excludes halogenated alkanes) is 1. The minimum absolute atomic E-state index is 0.0648. The second-order valence-corrected chi connectivity index (χ2v) is 7.08. The molecule has 2 aromatic rings. The number of carbonyl (C=O) groups excluding carboxylic acids is 2. The molecule has 4 nitrogen and oxygen atoms in total. The van der Waals surface area contributed by atoms with Crippen molar-refractivity contribution in [1.29, 1.82) is 0 Å². The molecule has 0 aliphatic rings. The quantitative estimate of drug-likeness (QED) is 0.585. The highest BCUT2D eigenvalue weighted by molar-refractivity contribution is 9.10. The third-order valence-electron chi connectivity index (χ3n) is 3.60. The van der Waals surface area contributed by atoms with Crippen LogP contribution in [-0.2, 0) is 16.0 Å². The van der Waals surface area contributed by atoms with Gasteiger partial charge in [0.05, 0.1) is 10.7 Å². The Kier molecular flexibility index (Phi) is 7.47. The summed E-state index contributed by atoms with van der Waals surface area (Å²) in [4.78, 5) is 23.1. The molecule has 132 valence electrons. The molecule has 0 saturated heterocycles. The molecular formula is C19H20BrClN2O2. The zero-order valence-corrected chi connectivity index (χ0v) is 16.3. The topological polar surface area (TPSA) is 58.2 Å². The zero-order chi connectivity index (χ0) is 18.2. The summed E-state index contributed by atoms with van der Waals surface area (Å²) in [6.45, 7) is 1.43.